The van der Waals surface area contributed by atoms with E-state index in [0.717, 1.165) is 36.5 Å². The van der Waals surface area contributed by atoms with Crippen LogP contribution in [-0.2, 0) is 6.54 Å². The summed E-state index contributed by atoms with van der Waals surface area (Å²) >= 11 is 0. The third kappa shape index (κ3) is 3.32. The lowest BCUT2D eigenvalue weighted by atomic mass is 10.0. The number of imidazole rings is 1. The maximum Gasteiger partial charge on any atom is 0.123 e. The van der Waals surface area contributed by atoms with E-state index in [1.165, 1.54) is 25.3 Å². The molecule has 1 atom stereocenters. The number of hydrogen-bond donors (Lipinski definition) is 1. The van der Waals surface area contributed by atoms with E-state index >= 15 is 0 Å². The Hall–Kier alpha value is -1.68. The van der Waals surface area contributed by atoms with Gasteiger partial charge in [-0.1, -0.05) is 25.0 Å². The molecular formula is C17H22FN3. The molecule has 2 heterocycles. The molecule has 21 heavy (non-hydrogen) atoms. The Balaban J connectivity index is 1.85. The minimum atomic E-state index is -0.146. The van der Waals surface area contributed by atoms with Gasteiger partial charge in [0, 0.05) is 18.3 Å². The zero-order chi connectivity index (χ0) is 14.7. The van der Waals surface area contributed by atoms with Gasteiger partial charge >= 0.3 is 0 Å². The molecule has 2 aromatic rings. The first-order valence-corrected chi connectivity index (χ1v) is 7.72. The molecule has 1 N–H and O–H groups in total. The Labute approximate surface area is 125 Å². The SMILES string of the molecule is Cc1[nH]cnc1CN1CCCCC[C@H]1c1cccc(F)c1. The van der Waals surface area contributed by atoms with Crippen LogP contribution >= 0.6 is 0 Å². The van der Waals surface area contributed by atoms with E-state index in [4.69, 9.17) is 0 Å². The molecule has 4 heteroatoms. The van der Waals surface area contributed by atoms with Crippen LogP contribution in [0.2, 0.25) is 0 Å². The smallest absolute Gasteiger partial charge is 0.123 e. The van der Waals surface area contributed by atoms with E-state index in [-0.39, 0.29) is 5.82 Å². The summed E-state index contributed by atoms with van der Waals surface area (Å²) in [6.45, 7) is 3.93. The third-order valence-electron chi connectivity index (χ3n) is 4.38. The fourth-order valence-electron chi connectivity index (χ4n) is 3.19. The minimum absolute atomic E-state index is 0.146. The Morgan fingerprint density at radius 3 is 3.00 bits per heavy atom. The summed E-state index contributed by atoms with van der Waals surface area (Å²) in [5.74, 6) is -0.146. The highest BCUT2D eigenvalue weighted by Gasteiger charge is 2.24. The van der Waals surface area contributed by atoms with Gasteiger partial charge < -0.3 is 4.98 Å². The number of nitrogens with one attached hydrogen (secondary N) is 1. The molecule has 0 saturated carbocycles. The van der Waals surface area contributed by atoms with Gasteiger partial charge in [0.15, 0.2) is 0 Å². The quantitative estimate of drug-likeness (QED) is 0.926. The lowest BCUT2D eigenvalue weighted by Gasteiger charge is -2.30. The summed E-state index contributed by atoms with van der Waals surface area (Å²) in [5, 5.41) is 0. The van der Waals surface area contributed by atoms with Crippen molar-refractivity contribution < 1.29 is 4.39 Å². The van der Waals surface area contributed by atoms with Crippen LogP contribution in [0.4, 0.5) is 4.39 Å². The zero-order valence-corrected chi connectivity index (χ0v) is 12.5. The second kappa shape index (κ2) is 6.39. The summed E-state index contributed by atoms with van der Waals surface area (Å²) in [6, 6.07) is 7.35. The molecule has 0 radical (unpaired) electrons. The zero-order valence-electron chi connectivity index (χ0n) is 12.5. The number of nitrogens with zero attached hydrogens (tertiary/aromatic N) is 2. The highest BCUT2D eigenvalue weighted by molar-refractivity contribution is 5.21. The number of halogens is 1. The number of benzene rings is 1. The number of rotatable bonds is 3. The van der Waals surface area contributed by atoms with Crippen LogP contribution in [0.5, 0.6) is 0 Å². The lowest BCUT2D eigenvalue weighted by Crippen LogP contribution is -2.28. The summed E-state index contributed by atoms with van der Waals surface area (Å²) in [7, 11) is 0. The fraction of sp³-hybridized carbons (Fsp3) is 0.471. The Morgan fingerprint density at radius 2 is 2.24 bits per heavy atom. The number of hydrogen-bond acceptors (Lipinski definition) is 2. The number of aryl methyl sites for hydroxylation is 1. The maximum absolute atomic E-state index is 13.6. The molecule has 3 nitrogen and oxygen atoms in total. The van der Waals surface area contributed by atoms with Crippen LogP contribution in [0, 0.1) is 12.7 Å². The second-order valence-electron chi connectivity index (χ2n) is 5.86. The Bertz CT molecular complexity index is 593. The molecule has 1 aliphatic rings. The van der Waals surface area contributed by atoms with E-state index in [0.29, 0.717) is 6.04 Å². The molecule has 0 unspecified atom stereocenters. The van der Waals surface area contributed by atoms with Crippen LogP contribution in [0.1, 0.15) is 48.7 Å². The van der Waals surface area contributed by atoms with Crippen LogP contribution in [0.25, 0.3) is 0 Å². The van der Waals surface area contributed by atoms with E-state index in [2.05, 4.69) is 21.8 Å². The standard InChI is InChI=1S/C17H22FN3/c1-13-16(20-12-19-13)11-21-9-4-2-3-8-17(21)14-6-5-7-15(18)10-14/h5-7,10,12,17H,2-4,8-9,11H2,1H3,(H,19,20)/t17-/m0/s1. The summed E-state index contributed by atoms with van der Waals surface area (Å²) in [4.78, 5) is 10.0. The third-order valence-corrected chi connectivity index (χ3v) is 4.38. The van der Waals surface area contributed by atoms with Gasteiger partial charge in [-0.05, 0) is 44.0 Å². The molecular weight excluding hydrogens is 265 g/mol. The van der Waals surface area contributed by atoms with Gasteiger partial charge in [-0.3, -0.25) is 4.90 Å². The topological polar surface area (TPSA) is 31.9 Å². The lowest BCUT2D eigenvalue weighted by molar-refractivity contribution is 0.189. The Kier molecular flexibility index (Phi) is 4.34. The minimum Gasteiger partial charge on any atom is -0.348 e. The van der Waals surface area contributed by atoms with Gasteiger partial charge in [0.2, 0.25) is 0 Å². The largest absolute Gasteiger partial charge is 0.348 e. The van der Waals surface area contributed by atoms with Crippen LogP contribution in [-0.4, -0.2) is 21.4 Å². The van der Waals surface area contributed by atoms with Crippen molar-refractivity contribution in [1.29, 1.82) is 0 Å². The first-order chi connectivity index (χ1) is 10.2. The number of H-pyrrole nitrogens is 1. The highest BCUT2D eigenvalue weighted by Crippen LogP contribution is 2.31. The summed E-state index contributed by atoms with van der Waals surface area (Å²) < 4.78 is 13.6. The Morgan fingerprint density at radius 1 is 1.33 bits per heavy atom. The van der Waals surface area contributed by atoms with E-state index in [1.54, 1.807) is 12.4 Å². The van der Waals surface area contributed by atoms with Gasteiger partial charge in [-0.2, -0.15) is 0 Å². The van der Waals surface area contributed by atoms with Crippen molar-refractivity contribution in [3.63, 3.8) is 0 Å². The first kappa shape index (κ1) is 14.3. The van der Waals surface area contributed by atoms with Crippen molar-refractivity contribution in [2.24, 2.45) is 0 Å². The van der Waals surface area contributed by atoms with Crippen LogP contribution in [0.15, 0.2) is 30.6 Å². The molecule has 3 rings (SSSR count). The van der Waals surface area contributed by atoms with E-state index < -0.39 is 0 Å². The van der Waals surface area contributed by atoms with Crippen LogP contribution in [0.3, 0.4) is 0 Å². The molecule has 0 amide bonds. The van der Waals surface area contributed by atoms with Crippen molar-refractivity contribution in [3.8, 4) is 0 Å². The molecule has 0 aliphatic carbocycles. The average Bonchev–Trinajstić information content (AvgIpc) is 2.74. The van der Waals surface area contributed by atoms with Crippen molar-refractivity contribution in [1.82, 2.24) is 14.9 Å². The van der Waals surface area contributed by atoms with Crippen molar-refractivity contribution in [2.45, 2.75) is 45.2 Å². The monoisotopic (exact) mass is 287 g/mol. The summed E-state index contributed by atoms with van der Waals surface area (Å²) in [5.41, 5.74) is 3.31. The molecule has 0 spiro atoms. The molecule has 1 fully saturated rings. The predicted molar refractivity (Wildman–Crippen MR) is 81.3 cm³/mol. The molecule has 112 valence electrons. The molecule has 1 aromatic carbocycles. The number of likely N-dealkylation sites (tertiary alicyclic amines) is 1. The fourth-order valence-corrected chi connectivity index (χ4v) is 3.19. The van der Waals surface area contributed by atoms with Gasteiger partial charge in [-0.15, -0.1) is 0 Å². The van der Waals surface area contributed by atoms with Gasteiger partial charge in [0.1, 0.15) is 5.82 Å². The number of aromatic amines is 1. The van der Waals surface area contributed by atoms with Gasteiger partial charge in [-0.25, -0.2) is 9.37 Å². The molecule has 1 aliphatic heterocycles. The molecule has 1 saturated heterocycles. The van der Waals surface area contributed by atoms with E-state index in [1.807, 2.05) is 12.1 Å². The van der Waals surface area contributed by atoms with Gasteiger partial charge in [0.05, 0.1) is 12.0 Å². The first-order valence-electron chi connectivity index (χ1n) is 7.72. The maximum atomic E-state index is 13.6. The van der Waals surface area contributed by atoms with Gasteiger partial charge in [0.25, 0.3) is 0 Å². The average molecular weight is 287 g/mol. The summed E-state index contributed by atoms with van der Waals surface area (Å²) in [6.07, 6.45) is 6.50. The second-order valence-corrected chi connectivity index (χ2v) is 5.86. The highest BCUT2D eigenvalue weighted by atomic mass is 19.1. The normalized spacial score (nSPS) is 20.4. The number of aromatic nitrogens is 2. The molecule has 0 bridgehead atoms. The van der Waals surface area contributed by atoms with Crippen molar-refractivity contribution in [3.05, 3.63) is 53.4 Å². The van der Waals surface area contributed by atoms with Crippen molar-refractivity contribution >= 4 is 0 Å². The predicted octanol–water partition coefficient (Wildman–Crippen LogP) is 3.97. The van der Waals surface area contributed by atoms with E-state index in [9.17, 15) is 4.39 Å². The molecule has 1 aromatic heterocycles. The van der Waals surface area contributed by atoms with Crippen LogP contribution < -0.4 is 0 Å². The van der Waals surface area contributed by atoms with Crippen molar-refractivity contribution in [2.75, 3.05) is 6.54 Å².